The van der Waals surface area contributed by atoms with Crippen LogP contribution in [0, 0.1) is 25.7 Å². The number of carbonyl (C=O) groups is 3. The lowest BCUT2D eigenvalue weighted by Crippen LogP contribution is -2.53. The third-order valence-electron chi connectivity index (χ3n) is 8.47. The number of hydrogen-bond donors (Lipinski definition) is 1. The Labute approximate surface area is 223 Å². The SMILES string of the molecule is Cc1ccc(C)c(N2CC=C[C@]34S[C@@]5(C)C=CCN(C)C(=O)[C@H]5[C@H]3C(=O)N(CCCCCO)C4C2=O)c1. The molecule has 7 nitrogen and oxygen atoms in total. The Bertz CT molecular complexity index is 1180. The highest BCUT2D eigenvalue weighted by Crippen LogP contribution is 2.65. The van der Waals surface area contributed by atoms with Crippen molar-refractivity contribution in [3.05, 3.63) is 53.6 Å². The molecule has 4 heterocycles. The van der Waals surface area contributed by atoms with E-state index in [1.54, 1.807) is 28.6 Å². The molecule has 1 unspecified atom stereocenters. The highest BCUT2D eigenvalue weighted by atomic mass is 32.2. The van der Waals surface area contributed by atoms with E-state index < -0.39 is 27.4 Å². The summed E-state index contributed by atoms with van der Waals surface area (Å²) >= 11 is 1.62. The molecule has 4 aliphatic rings. The van der Waals surface area contributed by atoms with Gasteiger partial charge >= 0.3 is 0 Å². The molecule has 4 aliphatic heterocycles. The number of thioether (sulfide) groups is 1. The minimum atomic E-state index is -0.824. The summed E-state index contributed by atoms with van der Waals surface area (Å²) in [7, 11) is 1.79. The molecule has 1 aromatic carbocycles. The van der Waals surface area contributed by atoms with Crippen molar-refractivity contribution in [2.45, 2.75) is 55.6 Å². The molecular formula is C29H37N3O4S. The molecule has 5 atom stereocenters. The standard InChI is InChI=1S/C29H37N3O4S/c1-19-10-11-20(2)21(18-19)31-16-9-13-29-23(22-25(34)30(4)14-8-12-28(22,3)37-29)26(35)32(24(29)27(31)36)15-6-5-7-17-33/h8-13,18,22-24,33H,5-7,14-17H2,1-4H3/t22-,23+,24?,28+,29+/m1/s1. The fourth-order valence-corrected chi connectivity index (χ4v) is 8.84. The molecule has 8 heteroatoms. The van der Waals surface area contributed by atoms with Crippen LogP contribution in [-0.2, 0) is 14.4 Å². The van der Waals surface area contributed by atoms with Gasteiger partial charge in [-0.15, -0.1) is 11.8 Å². The smallest absolute Gasteiger partial charge is 0.251 e. The fourth-order valence-electron chi connectivity index (χ4n) is 6.68. The first kappa shape index (κ1) is 26.0. The van der Waals surface area contributed by atoms with Crippen LogP contribution < -0.4 is 4.90 Å². The number of anilines is 1. The molecule has 2 fully saturated rings. The van der Waals surface area contributed by atoms with E-state index in [1.165, 1.54) is 0 Å². The van der Waals surface area contributed by atoms with E-state index in [2.05, 4.69) is 12.2 Å². The lowest BCUT2D eigenvalue weighted by atomic mass is 9.74. The van der Waals surface area contributed by atoms with Crippen molar-refractivity contribution in [2.75, 3.05) is 38.2 Å². The zero-order valence-corrected chi connectivity index (χ0v) is 23.0. The maximum Gasteiger partial charge on any atom is 0.251 e. The van der Waals surface area contributed by atoms with Crippen LogP contribution in [0.2, 0.25) is 0 Å². The zero-order valence-electron chi connectivity index (χ0n) is 22.1. The Kier molecular flexibility index (Phi) is 6.77. The monoisotopic (exact) mass is 523 g/mol. The highest BCUT2D eigenvalue weighted by molar-refractivity contribution is 8.02. The normalized spacial score (nSPS) is 32.9. The summed E-state index contributed by atoms with van der Waals surface area (Å²) in [5.74, 6) is -1.38. The highest BCUT2D eigenvalue weighted by Gasteiger charge is 2.73. The van der Waals surface area contributed by atoms with Crippen LogP contribution in [0.4, 0.5) is 5.69 Å². The number of benzene rings is 1. The predicted octanol–water partition coefficient (Wildman–Crippen LogP) is 3.08. The van der Waals surface area contributed by atoms with Crippen LogP contribution in [0.5, 0.6) is 0 Å². The lowest BCUT2D eigenvalue weighted by molar-refractivity contribution is -0.143. The minimum absolute atomic E-state index is 0.0346. The first-order valence-corrected chi connectivity index (χ1v) is 14.1. The van der Waals surface area contributed by atoms with E-state index in [9.17, 15) is 19.5 Å². The molecule has 0 bridgehead atoms. The number of hydrogen-bond acceptors (Lipinski definition) is 5. The van der Waals surface area contributed by atoms with E-state index in [4.69, 9.17) is 0 Å². The van der Waals surface area contributed by atoms with E-state index >= 15 is 0 Å². The van der Waals surface area contributed by atoms with Gasteiger partial charge in [0.2, 0.25) is 11.8 Å². The molecule has 5 rings (SSSR count). The molecule has 3 amide bonds. The van der Waals surface area contributed by atoms with Gasteiger partial charge in [-0.3, -0.25) is 14.4 Å². The Morgan fingerprint density at radius 2 is 1.73 bits per heavy atom. The average molecular weight is 524 g/mol. The largest absolute Gasteiger partial charge is 0.396 e. The van der Waals surface area contributed by atoms with Crippen LogP contribution >= 0.6 is 11.8 Å². The Morgan fingerprint density at radius 1 is 0.973 bits per heavy atom. The number of amides is 3. The van der Waals surface area contributed by atoms with Gasteiger partial charge in [0.05, 0.1) is 16.6 Å². The first-order chi connectivity index (χ1) is 17.6. The van der Waals surface area contributed by atoms with Gasteiger partial charge in [-0.05, 0) is 57.2 Å². The number of unbranched alkanes of at least 4 members (excludes halogenated alkanes) is 2. The quantitative estimate of drug-likeness (QED) is 0.458. The van der Waals surface area contributed by atoms with Crippen LogP contribution in [-0.4, -0.2) is 81.5 Å². The van der Waals surface area contributed by atoms with Crippen molar-refractivity contribution in [3.63, 3.8) is 0 Å². The van der Waals surface area contributed by atoms with E-state index in [1.807, 2.05) is 56.0 Å². The molecular weight excluding hydrogens is 486 g/mol. The number of likely N-dealkylation sites (N-methyl/N-ethyl adjacent to an activating group) is 1. The van der Waals surface area contributed by atoms with Gasteiger partial charge in [0.1, 0.15) is 6.04 Å². The first-order valence-electron chi connectivity index (χ1n) is 13.2. The van der Waals surface area contributed by atoms with Crippen LogP contribution in [0.15, 0.2) is 42.5 Å². The molecule has 0 aliphatic carbocycles. The van der Waals surface area contributed by atoms with Gasteiger partial charge in [-0.25, -0.2) is 0 Å². The number of carbonyl (C=O) groups excluding carboxylic acids is 3. The molecule has 0 aromatic heterocycles. The Morgan fingerprint density at radius 3 is 2.49 bits per heavy atom. The van der Waals surface area contributed by atoms with Crippen molar-refractivity contribution >= 4 is 35.2 Å². The van der Waals surface area contributed by atoms with Crippen molar-refractivity contribution < 1.29 is 19.5 Å². The summed E-state index contributed by atoms with van der Waals surface area (Å²) in [5, 5.41) is 9.25. The minimum Gasteiger partial charge on any atom is -0.396 e. The number of fused-ring (bicyclic) bond motifs is 2. The van der Waals surface area contributed by atoms with E-state index in [0.717, 1.165) is 23.2 Å². The van der Waals surface area contributed by atoms with Crippen molar-refractivity contribution in [1.29, 1.82) is 0 Å². The van der Waals surface area contributed by atoms with Crippen molar-refractivity contribution in [2.24, 2.45) is 11.8 Å². The van der Waals surface area contributed by atoms with Crippen molar-refractivity contribution in [3.8, 4) is 0 Å². The van der Waals surface area contributed by atoms with Crippen LogP contribution in [0.25, 0.3) is 0 Å². The number of aliphatic hydroxyl groups is 1. The molecule has 1 spiro atoms. The van der Waals surface area contributed by atoms with Gasteiger partial charge in [-0.2, -0.15) is 0 Å². The second-order valence-electron chi connectivity index (χ2n) is 11.1. The molecule has 2 saturated heterocycles. The third kappa shape index (κ3) is 4.04. The maximum absolute atomic E-state index is 14.5. The number of rotatable bonds is 6. The second kappa shape index (κ2) is 9.62. The van der Waals surface area contributed by atoms with Gasteiger partial charge in [0.25, 0.3) is 5.91 Å². The molecule has 1 aromatic rings. The number of aryl methyl sites for hydroxylation is 2. The molecule has 37 heavy (non-hydrogen) atoms. The van der Waals surface area contributed by atoms with E-state index in [-0.39, 0.29) is 24.3 Å². The number of aliphatic hydroxyl groups excluding tert-OH is 1. The number of likely N-dealkylation sites (tertiary alicyclic amines) is 1. The van der Waals surface area contributed by atoms with E-state index in [0.29, 0.717) is 32.5 Å². The topological polar surface area (TPSA) is 81.2 Å². The molecule has 1 N–H and O–H groups in total. The third-order valence-corrected chi connectivity index (χ3v) is 10.3. The van der Waals surface area contributed by atoms with Gasteiger partial charge in [0, 0.05) is 43.7 Å². The maximum atomic E-state index is 14.5. The van der Waals surface area contributed by atoms with Gasteiger partial charge in [0.15, 0.2) is 0 Å². The molecule has 198 valence electrons. The Hall–Kier alpha value is -2.58. The second-order valence-corrected chi connectivity index (χ2v) is 12.9. The van der Waals surface area contributed by atoms with Gasteiger partial charge in [-0.1, -0.05) is 36.4 Å². The zero-order chi connectivity index (χ0) is 26.5. The summed E-state index contributed by atoms with van der Waals surface area (Å²) < 4.78 is -1.41. The molecule has 0 radical (unpaired) electrons. The summed E-state index contributed by atoms with van der Waals surface area (Å²) in [5.41, 5.74) is 2.94. The van der Waals surface area contributed by atoms with Gasteiger partial charge < -0.3 is 19.8 Å². The molecule has 0 saturated carbocycles. The number of nitrogens with zero attached hydrogens (tertiary/aromatic N) is 3. The lowest BCUT2D eigenvalue weighted by Gasteiger charge is -2.37. The Balaban J connectivity index is 1.62. The average Bonchev–Trinajstić information content (AvgIpc) is 3.13. The summed E-state index contributed by atoms with van der Waals surface area (Å²) in [6, 6.07) is 5.41. The van der Waals surface area contributed by atoms with Crippen LogP contribution in [0.3, 0.4) is 0 Å². The van der Waals surface area contributed by atoms with Crippen molar-refractivity contribution in [1.82, 2.24) is 9.80 Å². The fraction of sp³-hybridized carbons (Fsp3) is 0.552. The predicted molar refractivity (Wildman–Crippen MR) is 146 cm³/mol. The summed E-state index contributed by atoms with van der Waals surface area (Å²) in [6.07, 6.45) is 10.3. The summed E-state index contributed by atoms with van der Waals surface area (Å²) in [4.78, 5) is 47.7. The summed E-state index contributed by atoms with van der Waals surface area (Å²) in [6.45, 7) is 7.55. The van der Waals surface area contributed by atoms with Crippen LogP contribution in [0.1, 0.15) is 37.3 Å².